The lowest BCUT2D eigenvalue weighted by atomic mass is 10.1. The minimum absolute atomic E-state index is 0.0441. The van der Waals surface area contributed by atoms with Crippen LogP contribution in [0.4, 0.5) is 17.6 Å². The highest BCUT2D eigenvalue weighted by Gasteiger charge is 2.30. The van der Waals surface area contributed by atoms with Gasteiger partial charge in [-0.3, -0.25) is 4.79 Å². The monoisotopic (exact) mass is 523 g/mol. The number of halogens is 4. The summed E-state index contributed by atoms with van der Waals surface area (Å²) in [6.45, 7) is -0.0787. The summed E-state index contributed by atoms with van der Waals surface area (Å²) >= 11 is 1.10. The van der Waals surface area contributed by atoms with Crippen LogP contribution in [0.2, 0.25) is 0 Å². The highest BCUT2D eigenvalue weighted by molar-refractivity contribution is 7.22. The average Bonchev–Trinajstić information content (AvgIpc) is 3.26. The van der Waals surface area contributed by atoms with Crippen molar-refractivity contribution in [2.75, 3.05) is 13.2 Å². The molecule has 1 atom stereocenters. The summed E-state index contributed by atoms with van der Waals surface area (Å²) in [7, 11) is 0. The van der Waals surface area contributed by atoms with Crippen LogP contribution < -0.4 is 14.2 Å². The molecule has 0 saturated carbocycles. The maximum Gasteiger partial charge on any atom is 0.388 e. The van der Waals surface area contributed by atoms with E-state index in [1.54, 1.807) is 19.1 Å². The number of thiazole rings is 1. The maximum absolute atomic E-state index is 14.0. The quantitative estimate of drug-likeness (QED) is 0.243. The molecule has 0 bridgehead atoms. The fraction of sp³-hybridized carbons (Fsp3) is 0.304. The summed E-state index contributed by atoms with van der Waals surface area (Å²) in [4.78, 5) is 23.9. The Kier molecular flexibility index (Phi) is 6.24. The number of ether oxygens (including phenoxy) is 4. The highest BCUT2D eigenvalue weighted by atomic mass is 32.1. The average molecular weight is 523 g/mol. The molecule has 0 amide bonds. The third kappa shape index (κ3) is 4.57. The van der Waals surface area contributed by atoms with Crippen molar-refractivity contribution in [2.24, 2.45) is 0 Å². The summed E-state index contributed by atoms with van der Waals surface area (Å²) in [6.07, 6.45) is -2.45. The molecule has 1 unspecified atom stereocenters. The summed E-state index contributed by atoms with van der Waals surface area (Å²) in [5.74, 6) is -0.491. The molecule has 1 aliphatic heterocycles. The van der Waals surface area contributed by atoms with E-state index < -0.39 is 25.1 Å². The van der Waals surface area contributed by atoms with Crippen molar-refractivity contribution in [3.05, 3.63) is 35.5 Å². The number of benzene rings is 2. The normalized spacial score (nSPS) is 15.2. The number of carbonyl (C=O) groups excluding carboxylic acids is 1. The fourth-order valence-corrected chi connectivity index (χ4v) is 4.91. The molecule has 8 nitrogen and oxygen atoms in total. The van der Waals surface area contributed by atoms with E-state index in [0.29, 0.717) is 20.8 Å². The number of rotatable bonds is 6. The molecule has 0 radical (unpaired) electrons. The zero-order valence-corrected chi connectivity index (χ0v) is 19.6. The maximum atomic E-state index is 14.0. The number of nitrogens with zero attached hydrogens (tertiary/aromatic N) is 3. The largest absolute Gasteiger partial charge is 0.484 e. The van der Waals surface area contributed by atoms with Gasteiger partial charge >= 0.3 is 12.6 Å². The van der Waals surface area contributed by atoms with Gasteiger partial charge in [0.15, 0.2) is 17.6 Å². The van der Waals surface area contributed by atoms with Crippen molar-refractivity contribution in [1.29, 1.82) is 0 Å². The molecular formula is C23H17F4N3O5S. The van der Waals surface area contributed by atoms with Gasteiger partial charge in [-0.15, -0.1) is 11.3 Å². The first-order valence-electron chi connectivity index (χ1n) is 10.6. The lowest BCUT2D eigenvalue weighted by Crippen LogP contribution is -2.34. The zero-order chi connectivity index (χ0) is 25.6. The minimum atomic E-state index is -3.06. The van der Waals surface area contributed by atoms with Crippen LogP contribution in [-0.2, 0) is 9.53 Å². The van der Waals surface area contributed by atoms with Gasteiger partial charge in [-0.1, -0.05) is 0 Å². The fourth-order valence-electron chi connectivity index (χ4n) is 3.80. The number of hydrogen-bond donors (Lipinski definition) is 0. The Bertz CT molecular complexity index is 1480. The summed E-state index contributed by atoms with van der Waals surface area (Å²) in [5.41, 5.74) is 1.54. The molecule has 0 saturated heterocycles. The molecule has 36 heavy (non-hydrogen) atoms. The van der Waals surface area contributed by atoms with Crippen molar-refractivity contribution in [3.63, 3.8) is 0 Å². The van der Waals surface area contributed by atoms with Gasteiger partial charge < -0.3 is 18.9 Å². The lowest BCUT2D eigenvalue weighted by Gasteiger charge is -2.26. The number of hydrogen-bond acceptors (Lipinski definition) is 9. The van der Waals surface area contributed by atoms with Crippen molar-refractivity contribution >= 4 is 38.6 Å². The second kappa shape index (κ2) is 9.37. The zero-order valence-electron chi connectivity index (χ0n) is 18.8. The Morgan fingerprint density at radius 2 is 2.00 bits per heavy atom. The van der Waals surface area contributed by atoms with E-state index in [2.05, 4.69) is 19.7 Å². The number of carbonyl (C=O) groups is 1. The van der Waals surface area contributed by atoms with Crippen molar-refractivity contribution in [3.8, 4) is 28.0 Å². The van der Waals surface area contributed by atoms with E-state index in [0.717, 1.165) is 23.1 Å². The van der Waals surface area contributed by atoms with Crippen LogP contribution in [0.15, 0.2) is 24.4 Å². The molecule has 2 aromatic heterocycles. The summed E-state index contributed by atoms with van der Waals surface area (Å²) in [6, 6.07) is 4.57. The van der Waals surface area contributed by atoms with Crippen LogP contribution in [-0.4, -0.2) is 46.9 Å². The van der Waals surface area contributed by atoms with Crippen molar-refractivity contribution in [1.82, 2.24) is 15.0 Å². The molecular weight excluding hydrogens is 506 g/mol. The van der Waals surface area contributed by atoms with E-state index in [9.17, 15) is 22.4 Å². The lowest BCUT2D eigenvalue weighted by molar-refractivity contribution is -0.144. The molecule has 0 spiro atoms. The number of aromatic nitrogens is 3. The first kappa shape index (κ1) is 24.0. The third-order valence-corrected chi connectivity index (χ3v) is 6.33. The SMILES string of the molecule is CC(=O)OCC1COc2c(cc(C(F)F)c3nc(-c4cc(C)cc5nc(OC(F)F)cnc45)sc23)O1. The van der Waals surface area contributed by atoms with E-state index in [1.807, 2.05) is 0 Å². The third-order valence-electron chi connectivity index (χ3n) is 5.24. The van der Waals surface area contributed by atoms with Gasteiger partial charge in [-0.05, 0) is 30.7 Å². The minimum Gasteiger partial charge on any atom is -0.484 e. The number of aryl methyl sites for hydroxylation is 1. The molecule has 4 aromatic rings. The van der Waals surface area contributed by atoms with Crippen molar-refractivity contribution in [2.45, 2.75) is 33.0 Å². The first-order chi connectivity index (χ1) is 17.2. The van der Waals surface area contributed by atoms with Gasteiger partial charge in [0.05, 0.1) is 22.7 Å². The van der Waals surface area contributed by atoms with Crippen LogP contribution in [0.25, 0.3) is 31.8 Å². The van der Waals surface area contributed by atoms with Crippen LogP contribution >= 0.6 is 11.3 Å². The van der Waals surface area contributed by atoms with Gasteiger partial charge in [-0.2, -0.15) is 8.78 Å². The molecule has 13 heteroatoms. The van der Waals surface area contributed by atoms with Crippen LogP contribution in [0.5, 0.6) is 17.4 Å². The van der Waals surface area contributed by atoms with Gasteiger partial charge in [0.1, 0.15) is 22.9 Å². The second-order valence-corrected chi connectivity index (χ2v) is 8.91. The number of esters is 1. The Hall–Kier alpha value is -3.74. The Balaban J connectivity index is 1.62. The number of fused-ring (bicyclic) bond motifs is 4. The Morgan fingerprint density at radius 3 is 2.72 bits per heavy atom. The molecule has 3 heterocycles. The predicted molar refractivity (Wildman–Crippen MR) is 121 cm³/mol. The van der Waals surface area contributed by atoms with E-state index in [1.165, 1.54) is 13.0 Å². The number of alkyl halides is 4. The molecule has 5 rings (SSSR count). The predicted octanol–water partition coefficient (Wildman–Crippen LogP) is 5.46. The van der Waals surface area contributed by atoms with Crippen LogP contribution in [0.1, 0.15) is 24.5 Å². The molecule has 0 fully saturated rings. The van der Waals surface area contributed by atoms with E-state index >= 15 is 0 Å². The standard InChI is InChI=1S/C23H17F4N3O5S/c1-9-3-13(17-14(4-9)29-16(6-28-17)35-23(26)27)22-30-18-12(21(24)25)5-15-19(20(18)36-22)33-8-11(34-15)7-32-10(2)31/h3-6,11,21,23H,7-8H2,1-2H3. The van der Waals surface area contributed by atoms with E-state index in [4.69, 9.17) is 14.2 Å². The van der Waals surface area contributed by atoms with Gasteiger partial charge in [-0.25, -0.2) is 23.7 Å². The summed E-state index contributed by atoms with van der Waals surface area (Å²) < 4.78 is 74.4. The Morgan fingerprint density at radius 1 is 1.19 bits per heavy atom. The molecule has 0 N–H and O–H groups in total. The summed E-state index contributed by atoms with van der Waals surface area (Å²) in [5, 5.41) is 0.358. The topological polar surface area (TPSA) is 92.7 Å². The van der Waals surface area contributed by atoms with Gasteiger partial charge in [0.2, 0.25) is 5.88 Å². The van der Waals surface area contributed by atoms with E-state index in [-0.39, 0.29) is 47.2 Å². The highest BCUT2D eigenvalue weighted by Crippen LogP contribution is 2.48. The van der Waals surface area contributed by atoms with Crippen LogP contribution in [0, 0.1) is 6.92 Å². The molecule has 1 aliphatic rings. The van der Waals surface area contributed by atoms with Crippen LogP contribution in [0.3, 0.4) is 0 Å². The molecule has 0 aliphatic carbocycles. The molecule has 2 aromatic carbocycles. The van der Waals surface area contributed by atoms with Crippen molar-refractivity contribution < 1.29 is 41.3 Å². The first-order valence-corrected chi connectivity index (χ1v) is 11.4. The smallest absolute Gasteiger partial charge is 0.388 e. The van der Waals surface area contributed by atoms with Gasteiger partial charge in [0, 0.05) is 18.1 Å². The molecule has 188 valence electrons. The second-order valence-electron chi connectivity index (χ2n) is 7.91. The van der Waals surface area contributed by atoms with Gasteiger partial charge in [0.25, 0.3) is 6.43 Å². The Labute approximate surface area is 204 Å².